The molecule has 96 valence electrons. The molecule has 19 heavy (non-hydrogen) atoms. The smallest absolute Gasteiger partial charge is 0.234 e. The Morgan fingerprint density at radius 2 is 2.00 bits per heavy atom. The van der Waals surface area contributed by atoms with E-state index in [1.165, 1.54) is 12.1 Å². The van der Waals surface area contributed by atoms with Crippen LogP contribution in [0.3, 0.4) is 0 Å². The van der Waals surface area contributed by atoms with Crippen LogP contribution in [0.15, 0.2) is 42.7 Å². The van der Waals surface area contributed by atoms with Gasteiger partial charge in [0.1, 0.15) is 5.82 Å². The molecule has 0 unspecified atom stereocenters. The summed E-state index contributed by atoms with van der Waals surface area (Å²) < 4.78 is 14.9. The molecule has 0 atom stereocenters. The Kier molecular flexibility index (Phi) is 2.97. The maximum atomic E-state index is 13.0. The molecule has 2 N–H and O–H groups in total. The van der Waals surface area contributed by atoms with Gasteiger partial charge in [0, 0.05) is 24.4 Å². The van der Waals surface area contributed by atoms with Crippen LogP contribution in [0.2, 0.25) is 0 Å². The topological polar surface area (TPSA) is 56.2 Å². The third-order valence-electron chi connectivity index (χ3n) is 3.00. The fourth-order valence-electron chi connectivity index (χ4n) is 2.15. The molecule has 0 bridgehead atoms. The van der Waals surface area contributed by atoms with Gasteiger partial charge in [-0.1, -0.05) is 0 Å². The second-order valence-electron chi connectivity index (χ2n) is 4.24. The first-order valence-corrected chi connectivity index (χ1v) is 6.07. The number of nitrogens with two attached hydrogens (primary N) is 1. The van der Waals surface area contributed by atoms with Crippen molar-refractivity contribution < 1.29 is 4.39 Å². The van der Waals surface area contributed by atoms with Gasteiger partial charge >= 0.3 is 0 Å². The van der Waals surface area contributed by atoms with E-state index in [2.05, 4.69) is 9.97 Å². The number of hydrogen-bond donors (Lipinski definition) is 1. The summed E-state index contributed by atoms with van der Waals surface area (Å²) in [6.45, 7) is 0.525. The Morgan fingerprint density at radius 3 is 2.74 bits per heavy atom. The zero-order chi connectivity index (χ0) is 13.2. The number of aromatic nitrogens is 3. The monoisotopic (exact) mass is 256 g/mol. The van der Waals surface area contributed by atoms with E-state index in [1.807, 2.05) is 16.7 Å². The van der Waals surface area contributed by atoms with Crippen molar-refractivity contribution in [3.63, 3.8) is 0 Å². The Labute approximate surface area is 109 Å². The molecule has 0 aliphatic rings. The van der Waals surface area contributed by atoms with Crippen LogP contribution in [0.25, 0.3) is 17.0 Å². The van der Waals surface area contributed by atoms with Crippen LogP contribution >= 0.6 is 0 Å². The van der Waals surface area contributed by atoms with Crippen molar-refractivity contribution in [2.24, 2.45) is 5.73 Å². The van der Waals surface area contributed by atoms with Crippen molar-refractivity contribution in [3.05, 3.63) is 54.2 Å². The highest BCUT2D eigenvalue weighted by Crippen LogP contribution is 2.24. The molecule has 3 rings (SSSR count). The van der Waals surface area contributed by atoms with Crippen LogP contribution in [0.4, 0.5) is 4.39 Å². The highest BCUT2D eigenvalue weighted by Gasteiger charge is 2.13. The zero-order valence-electron chi connectivity index (χ0n) is 10.3. The lowest BCUT2D eigenvalue weighted by Crippen LogP contribution is -2.06. The minimum Gasteiger partial charge on any atom is -0.330 e. The van der Waals surface area contributed by atoms with Crippen molar-refractivity contribution in [2.45, 2.75) is 6.42 Å². The molecule has 5 heteroatoms. The number of fused-ring (bicyclic) bond motifs is 1. The Bertz CT molecular complexity index is 703. The summed E-state index contributed by atoms with van der Waals surface area (Å²) in [6, 6.07) is 8.15. The molecule has 0 fully saturated rings. The van der Waals surface area contributed by atoms with Gasteiger partial charge in [0.2, 0.25) is 5.78 Å². The van der Waals surface area contributed by atoms with Gasteiger partial charge in [-0.15, -0.1) is 0 Å². The van der Waals surface area contributed by atoms with E-state index in [0.717, 1.165) is 17.0 Å². The van der Waals surface area contributed by atoms with Gasteiger partial charge in [0.25, 0.3) is 0 Å². The van der Waals surface area contributed by atoms with Crippen molar-refractivity contribution >= 4 is 5.78 Å². The maximum absolute atomic E-state index is 13.0. The average molecular weight is 256 g/mol. The number of imidazole rings is 1. The zero-order valence-corrected chi connectivity index (χ0v) is 10.3. The minimum atomic E-state index is -0.258. The third kappa shape index (κ3) is 2.08. The third-order valence-corrected chi connectivity index (χ3v) is 3.00. The molecule has 0 aliphatic heterocycles. The molecule has 0 aliphatic carbocycles. The van der Waals surface area contributed by atoms with Gasteiger partial charge < -0.3 is 5.73 Å². The molecule has 0 radical (unpaired) electrons. The van der Waals surface area contributed by atoms with Crippen LogP contribution in [0, 0.1) is 5.82 Å². The predicted molar refractivity (Wildman–Crippen MR) is 71.1 cm³/mol. The molecule has 0 amide bonds. The highest BCUT2D eigenvalue weighted by atomic mass is 19.1. The molecule has 0 spiro atoms. The lowest BCUT2D eigenvalue weighted by Gasteiger charge is -2.03. The van der Waals surface area contributed by atoms with Crippen molar-refractivity contribution in [1.82, 2.24) is 14.4 Å². The number of halogens is 1. The van der Waals surface area contributed by atoms with Crippen LogP contribution < -0.4 is 5.73 Å². The van der Waals surface area contributed by atoms with E-state index in [1.54, 1.807) is 18.3 Å². The van der Waals surface area contributed by atoms with Crippen molar-refractivity contribution in [3.8, 4) is 11.3 Å². The standard InChI is InChI=1S/C14H13FN4/c15-11-4-2-10(3-5-11)13-12(6-7-16)19-9-1-8-17-14(19)18-13/h1-5,8-9H,6-7,16H2. The Morgan fingerprint density at radius 1 is 1.21 bits per heavy atom. The lowest BCUT2D eigenvalue weighted by molar-refractivity contribution is 0.628. The second kappa shape index (κ2) is 4.78. The summed E-state index contributed by atoms with van der Waals surface area (Å²) in [7, 11) is 0. The first-order valence-electron chi connectivity index (χ1n) is 6.07. The maximum Gasteiger partial charge on any atom is 0.234 e. The van der Waals surface area contributed by atoms with E-state index in [0.29, 0.717) is 18.7 Å². The normalized spacial score (nSPS) is 11.1. The summed E-state index contributed by atoms with van der Waals surface area (Å²) in [5.74, 6) is 0.372. The number of benzene rings is 1. The molecule has 0 saturated heterocycles. The largest absolute Gasteiger partial charge is 0.330 e. The van der Waals surface area contributed by atoms with E-state index in [4.69, 9.17) is 5.73 Å². The summed E-state index contributed by atoms with van der Waals surface area (Å²) in [4.78, 5) is 8.73. The van der Waals surface area contributed by atoms with Gasteiger partial charge in [0.15, 0.2) is 0 Å². The minimum absolute atomic E-state index is 0.258. The van der Waals surface area contributed by atoms with E-state index in [9.17, 15) is 4.39 Å². The average Bonchev–Trinajstić information content (AvgIpc) is 2.79. The fraction of sp³-hybridized carbons (Fsp3) is 0.143. The molecule has 4 nitrogen and oxygen atoms in total. The van der Waals surface area contributed by atoms with E-state index >= 15 is 0 Å². The fourth-order valence-corrected chi connectivity index (χ4v) is 2.15. The van der Waals surface area contributed by atoms with E-state index < -0.39 is 0 Å². The van der Waals surface area contributed by atoms with Gasteiger partial charge in [-0.3, -0.25) is 4.40 Å². The molecule has 2 heterocycles. The van der Waals surface area contributed by atoms with Crippen LogP contribution in [0.5, 0.6) is 0 Å². The van der Waals surface area contributed by atoms with Gasteiger partial charge in [-0.2, -0.15) is 0 Å². The predicted octanol–water partition coefficient (Wildman–Crippen LogP) is 2.04. The summed E-state index contributed by atoms with van der Waals surface area (Å²) in [6.07, 6.45) is 4.30. The Balaban J connectivity index is 2.21. The summed E-state index contributed by atoms with van der Waals surface area (Å²) in [5.41, 5.74) is 8.34. The highest BCUT2D eigenvalue weighted by molar-refractivity contribution is 5.65. The van der Waals surface area contributed by atoms with Gasteiger partial charge in [0.05, 0.1) is 11.4 Å². The van der Waals surface area contributed by atoms with Gasteiger partial charge in [-0.05, 0) is 36.9 Å². The molecular formula is C14H13FN4. The lowest BCUT2D eigenvalue weighted by atomic mass is 10.1. The van der Waals surface area contributed by atoms with Crippen molar-refractivity contribution in [2.75, 3.05) is 6.54 Å². The van der Waals surface area contributed by atoms with Crippen LogP contribution in [-0.2, 0) is 6.42 Å². The second-order valence-corrected chi connectivity index (χ2v) is 4.24. The molecular weight excluding hydrogens is 243 g/mol. The molecule has 3 aromatic rings. The van der Waals surface area contributed by atoms with Crippen molar-refractivity contribution in [1.29, 1.82) is 0 Å². The summed E-state index contributed by atoms with van der Waals surface area (Å²) >= 11 is 0. The Hall–Kier alpha value is -2.27. The van der Waals surface area contributed by atoms with Crippen LogP contribution in [-0.4, -0.2) is 20.9 Å². The SMILES string of the molecule is NCCc1c(-c2ccc(F)cc2)nc2ncccn12. The van der Waals surface area contributed by atoms with Gasteiger partial charge in [-0.25, -0.2) is 14.4 Å². The first kappa shape index (κ1) is 11.8. The molecule has 0 saturated carbocycles. The summed E-state index contributed by atoms with van der Waals surface area (Å²) in [5, 5.41) is 0. The number of hydrogen-bond acceptors (Lipinski definition) is 3. The number of rotatable bonds is 3. The number of nitrogens with zero attached hydrogens (tertiary/aromatic N) is 3. The van der Waals surface area contributed by atoms with Crippen LogP contribution in [0.1, 0.15) is 5.69 Å². The molecule has 1 aromatic carbocycles. The quantitative estimate of drug-likeness (QED) is 0.780. The molecule has 2 aromatic heterocycles. The first-order chi connectivity index (χ1) is 9.29. The van der Waals surface area contributed by atoms with E-state index in [-0.39, 0.29) is 5.82 Å².